The third-order valence-corrected chi connectivity index (χ3v) is 4.76. The van der Waals surface area contributed by atoms with Gasteiger partial charge in [-0.05, 0) is 18.8 Å². The van der Waals surface area contributed by atoms with Crippen LogP contribution in [0.4, 0.5) is 4.79 Å². The zero-order valence-electron chi connectivity index (χ0n) is 12.8. The van der Waals surface area contributed by atoms with E-state index in [1.165, 1.54) is 70.6 Å². The average Bonchev–Trinajstić information content (AvgIpc) is 2.88. The Labute approximate surface area is 123 Å². The Morgan fingerprint density at radius 2 is 1.50 bits per heavy atom. The highest BCUT2D eigenvalue weighted by molar-refractivity contribution is 5.61. The zero-order chi connectivity index (χ0) is 14.0. The summed E-state index contributed by atoms with van der Waals surface area (Å²) >= 11 is 0. The lowest BCUT2D eigenvalue weighted by molar-refractivity contribution is 0.115. The number of hydrogen-bond donors (Lipinski definition) is 0. The molecule has 116 valence electrons. The van der Waals surface area contributed by atoms with Crippen molar-refractivity contribution in [2.45, 2.75) is 89.6 Å². The van der Waals surface area contributed by atoms with Crippen LogP contribution in [0.15, 0.2) is 0 Å². The van der Waals surface area contributed by atoms with Crippen molar-refractivity contribution in [3.63, 3.8) is 0 Å². The summed E-state index contributed by atoms with van der Waals surface area (Å²) < 4.78 is 9.78. The molecule has 1 heterocycles. The lowest BCUT2D eigenvalue weighted by atomic mass is 9.85. The summed E-state index contributed by atoms with van der Waals surface area (Å²) in [4.78, 5) is 10.7. The van der Waals surface area contributed by atoms with Gasteiger partial charge in [0, 0.05) is 0 Å². The van der Waals surface area contributed by atoms with Gasteiger partial charge in [0.25, 0.3) is 0 Å². The second-order valence-electron chi connectivity index (χ2n) is 6.50. The van der Waals surface area contributed by atoms with Gasteiger partial charge in [-0.1, -0.05) is 70.6 Å². The third-order valence-electron chi connectivity index (χ3n) is 4.76. The molecule has 0 amide bonds. The summed E-state index contributed by atoms with van der Waals surface area (Å²) in [5.41, 5.74) is 0. The molecule has 1 saturated carbocycles. The van der Waals surface area contributed by atoms with Crippen LogP contribution < -0.4 is 0 Å². The predicted octanol–water partition coefficient (Wildman–Crippen LogP) is 5.22. The topological polar surface area (TPSA) is 35.5 Å². The van der Waals surface area contributed by atoms with E-state index in [9.17, 15) is 4.79 Å². The second kappa shape index (κ2) is 9.25. The van der Waals surface area contributed by atoms with Gasteiger partial charge >= 0.3 is 6.16 Å². The Hall–Kier alpha value is -0.730. The molecule has 0 spiro atoms. The van der Waals surface area contributed by atoms with Gasteiger partial charge in [-0.2, -0.15) is 0 Å². The average molecular weight is 282 g/mol. The van der Waals surface area contributed by atoms with Crippen molar-refractivity contribution in [3.8, 4) is 0 Å². The molecular formula is C17H30O3. The first kappa shape index (κ1) is 15.7. The molecule has 1 saturated heterocycles. The van der Waals surface area contributed by atoms with Crippen LogP contribution in [-0.4, -0.2) is 18.9 Å². The van der Waals surface area contributed by atoms with Crippen molar-refractivity contribution < 1.29 is 14.3 Å². The van der Waals surface area contributed by atoms with Gasteiger partial charge in [0.15, 0.2) is 0 Å². The number of ether oxygens (including phenoxy) is 2. The first-order valence-corrected chi connectivity index (χ1v) is 8.68. The predicted molar refractivity (Wildman–Crippen MR) is 79.7 cm³/mol. The number of carbonyl (C=O) groups excluding carboxylic acids is 1. The first-order chi connectivity index (χ1) is 9.84. The quantitative estimate of drug-likeness (QED) is 0.429. The lowest BCUT2D eigenvalue weighted by Gasteiger charge is -2.21. The van der Waals surface area contributed by atoms with Crippen LogP contribution in [0, 0.1) is 5.92 Å². The van der Waals surface area contributed by atoms with E-state index in [0.717, 1.165) is 18.8 Å². The Morgan fingerprint density at radius 1 is 0.850 bits per heavy atom. The Morgan fingerprint density at radius 3 is 2.15 bits per heavy atom. The van der Waals surface area contributed by atoms with Crippen molar-refractivity contribution in [3.05, 3.63) is 0 Å². The maximum atomic E-state index is 10.7. The maximum absolute atomic E-state index is 10.7. The molecule has 2 rings (SSSR count). The smallest absolute Gasteiger partial charge is 0.430 e. The Kier molecular flexibility index (Phi) is 7.24. The largest absolute Gasteiger partial charge is 0.508 e. The fourth-order valence-electron chi connectivity index (χ4n) is 3.50. The van der Waals surface area contributed by atoms with E-state index in [1.54, 1.807) is 0 Å². The van der Waals surface area contributed by atoms with Gasteiger partial charge < -0.3 is 9.47 Å². The highest BCUT2D eigenvalue weighted by Crippen LogP contribution is 2.28. The summed E-state index contributed by atoms with van der Waals surface area (Å²) in [5.74, 6) is 1.04. The van der Waals surface area contributed by atoms with E-state index in [4.69, 9.17) is 9.47 Å². The molecule has 0 N–H and O–H groups in total. The normalized spacial score (nSPS) is 23.6. The zero-order valence-corrected chi connectivity index (χ0v) is 12.8. The minimum Gasteiger partial charge on any atom is -0.430 e. The van der Waals surface area contributed by atoms with Gasteiger partial charge in [0.05, 0.1) is 0 Å². The minimum atomic E-state index is -0.488. The van der Waals surface area contributed by atoms with E-state index >= 15 is 0 Å². The van der Waals surface area contributed by atoms with Crippen molar-refractivity contribution in [2.24, 2.45) is 5.92 Å². The van der Waals surface area contributed by atoms with Gasteiger partial charge in [-0.25, -0.2) is 4.79 Å². The number of rotatable bonds is 9. The summed E-state index contributed by atoms with van der Waals surface area (Å²) in [6, 6.07) is 0. The van der Waals surface area contributed by atoms with E-state index in [-0.39, 0.29) is 6.10 Å². The molecule has 0 radical (unpaired) electrons. The monoisotopic (exact) mass is 282 g/mol. The first-order valence-electron chi connectivity index (χ1n) is 8.68. The fourth-order valence-corrected chi connectivity index (χ4v) is 3.50. The summed E-state index contributed by atoms with van der Waals surface area (Å²) in [7, 11) is 0. The van der Waals surface area contributed by atoms with E-state index in [0.29, 0.717) is 6.61 Å². The molecule has 20 heavy (non-hydrogen) atoms. The highest BCUT2D eigenvalue weighted by atomic mass is 16.8. The van der Waals surface area contributed by atoms with Crippen molar-refractivity contribution in [1.29, 1.82) is 0 Å². The molecule has 1 unspecified atom stereocenters. The third kappa shape index (κ3) is 6.15. The number of hydrogen-bond acceptors (Lipinski definition) is 3. The number of unbranched alkanes of at least 4 members (excludes halogenated alkanes) is 5. The van der Waals surface area contributed by atoms with Gasteiger partial charge in [0.2, 0.25) is 0 Å². The number of carbonyl (C=O) groups is 1. The molecule has 0 aromatic carbocycles. The molecule has 3 heteroatoms. The lowest BCUT2D eigenvalue weighted by Crippen LogP contribution is -2.09. The summed E-state index contributed by atoms with van der Waals surface area (Å²) in [5, 5.41) is 0. The SMILES string of the molecule is O=C1OCC(CCCCCCCCC2CCCCC2)O1. The fraction of sp³-hybridized carbons (Fsp3) is 0.941. The molecule has 1 aliphatic heterocycles. The van der Waals surface area contributed by atoms with Crippen LogP contribution >= 0.6 is 0 Å². The van der Waals surface area contributed by atoms with E-state index in [1.807, 2.05) is 0 Å². The maximum Gasteiger partial charge on any atom is 0.508 e. The van der Waals surface area contributed by atoms with Crippen molar-refractivity contribution in [2.75, 3.05) is 6.61 Å². The van der Waals surface area contributed by atoms with E-state index < -0.39 is 6.16 Å². The molecule has 0 aromatic heterocycles. The van der Waals surface area contributed by atoms with Crippen LogP contribution in [0.3, 0.4) is 0 Å². The van der Waals surface area contributed by atoms with Crippen molar-refractivity contribution in [1.82, 2.24) is 0 Å². The highest BCUT2D eigenvalue weighted by Gasteiger charge is 2.23. The van der Waals surface area contributed by atoms with Gasteiger partial charge in [-0.15, -0.1) is 0 Å². The Bertz CT molecular complexity index is 271. The van der Waals surface area contributed by atoms with Crippen LogP contribution in [0.25, 0.3) is 0 Å². The number of cyclic esters (lactones) is 2. The summed E-state index contributed by atoms with van der Waals surface area (Å²) in [6.07, 6.45) is 17.3. The van der Waals surface area contributed by atoms with Gasteiger partial charge in [-0.3, -0.25) is 0 Å². The molecule has 1 aliphatic carbocycles. The Balaban J connectivity index is 1.34. The van der Waals surface area contributed by atoms with Crippen LogP contribution in [0.2, 0.25) is 0 Å². The minimum absolute atomic E-state index is 0.0220. The molecule has 1 atom stereocenters. The summed E-state index contributed by atoms with van der Waals surface area (Å²) in [6.45, 7) is 0.459. The molecule has 0 aromatic rings. The van der Waals surface area contributed by atoms with Crippen LogP contribution in [0.5, 0.6) is 0 Å². The van der Waals surface area contributed by atoms with Crippen molar-refractivity contribution >= 4 is 6.16 Å². The molecular weight excluding hydrogens is 252 g/mol. The second-order valence-corrected chi connectivity index (χ2v) is 6.50. The van der Waals surface area contributed by atoms with Crippen LogP contribution in [0.1, 0.15) is 83.5 Å². The van der Waals surface area contributed by atoms with Gasteiger partial charge in [0.1, 0.15) is 12.7 Å². The van der Waals surface area contributed by atoms with E-state index in [2.05, 4.69) is 0 Å². The molecule has 2 aliphatic rings. The van der Waals surface area contributed by atoms with Crippen LogP contribution in [-0.2, 0) is 9.47 Å². The molecule has 3 nitrogen and oxygen atoms in total. The molecule has 2 fully saturated rings. The standard InChI is InChI=1S/C17H30O3/c18-17-19-14-16(20-17)13-9-4-2-1-3-6-10-15-11-7-5-8-12-15/h15-16H,1-14H2. The molecule has 0 bridgehead atoms.